The Balaban J connectivity index is 1.06. The number of ether oxygens (including phenoxy) is 5. The first-order valence-electron chi connectivity index (χ1n) is 19.0. The number of methoxy groups -OCH3 is 2. The topological polar surface area (TPSA) is 104 Å². The molecule has 1 aliphatic heterocycles. The number of unbranched alkanes of at least 4 members (excludes halogenated alkanes) is 3. The van der Waals surface area contributed by atoms with Crippen LogP contribution in [0.1, 0.15) is 73.0 Å². The summed E-state index contributed by atoms with van der Waals surface area (Å²) in [7, 11) is 6.10. The SMILES string of the molecule is CCCCC(OC(=O)CN1CCN(CCCCCOc2ccc(-c3cc(=S)ss3)cc2)CC1)c1ccccc1C(=O)Oc1ccc(/C=C/C(=O)OC)cc1OC. The zero-order chi connectivity index (χ0) is 39.7. The summed E-state index contributed by atoms with van der Waals surface area (Å²) in [5, 5.41) is 0. The molecule has 4 aromatic rings. The largest absolute Gasteiger partial charge is 0.494 e. The number of hydrogen-bond acceptors (Lipinski definition) is 13. The number of rotatable bonds is 20. The first-order valence-corrected chi connectivity index (χ1v) is 21.5. The van der Waals surface area contributed by atoms with Crippen molar-refractivity contribution in [3.05, 3.63) is 99.4 Å². The van der Waals surface area contributed by atoms with Crippen molar-refractivity contribution in [1.29, 1.82) is 0 Å². The second kappa shape index (κ2) is 22.4. The van der Waals surface area contributed by atoms with Crippen LogP contribution in [0.4, 0.5) is 0 Å². The molecular formula is C43H50N2O8S3. The number of piperazine rings is 1. The van der Waals surface area contributed by atoms with Gasteiger partial charge in [-0.05, 0) is 104 Å². The molecule has 10 nitrogen and oxygen atoms in total. The Labute approximate surface area is 342 Å². The standard InChI is InChI=1S/C43H50N2O8S3/c1-4-5-13-36(34-11-7-8-12-35(34)43(48)53-37-20-14-31(28-38(37)49-2)15-21-40(46)50-3)52-41(47)30-45-25-23-44(24-26-45)22-9-6-10-27-51-33-18-16-32(17-19-33)39-29-42(54)56-55-39/h7-8,11-12,14-21,28-29,36H,4-6,9-10,13,22-27,30H2,1-3H3/b21-15+. The maximum Gasteiger partial charge on any atom is 0.344 e. The van der Waals surface area contributed by atoms with Gasteiger partial charge in [-0.25, -0.2) is 9.59 Å². The molecule has 298 valence electrons. The first kappa shape index (κ1) is 42.7. The predicted molar refractivity (Wildman–Crippen MR) is 224 cm³/mol. The van der Waals surface area contributed by atoms with E-state index in [9.17, 15) is 14.4 Å². The average molecular weight is 819 g/mol. The smallest absolute Gasteiger partial charge is 0.344 e. The second-order valence-corrected chi connectivity index (χ2v) is 16.3. The van der Waals surface area contributed by atoms with Crippen LogP contribution in [0, 0.1) is 3.82 Å². The van der Waals surface area contributed by atoms with E-state index in [-0.39, 0.29) is 18.3 Å². The van der Waals surface area contributed by atoms with Crippen LogP contribution in [0.2, 0.25) is 0 Å². The number of benzene rings is 3. The van der Waals surface area contributed by atoms with Gasteiger partial charge in [0, 0.05) is 42.7 Å². The first-order chi connectivity index (χ1) is 27.3. The summed E-state index contributed by atoms with van der Waals surface area (Å²) >= 11 is 5.25. The number of carbonyl (C=O) groups is 3. The van der Waals surface area contributed by atoms with Crippen molar-refractivity contribution in [2.24, 2.45) is 0 Å². The Morgan fingerprint density at radius 2 is 1.62 bits per heavy atom. The molecule has 3 aromatic carbocycles. The Morgan fingerprint density at radius 3 is 2.34 bits per heavy atom. The third-order valence-electron chi connectivity index (χ3n) is 9.43. The lowest BCUT2D eigenvalue weighted by molar-refractivity contribution is -0.151. The van der Waals surface area contributed by atoms with E-state index in [1.807, 2.05) is 30.3 Å². The van der Waals surface area contributed by atoms with E-state index in [1.54, 1.807) is 57.1 Å². The highest BCUT2D eigenvalue weighted by Gasteiger charge is 2.26. The quantitative estimate of drug-likeness (QED) is 0.0213. The molecule has 2 heterocycles. The summed E-state index contributed by atoms with van der Waals surface area (Å²) in [6, 6.07) is 22.3. The van der Waals surface area contributed by atoms with E-state index in [4.69, 9.17) is 31.2 Å². The van der Waals surface area contributed by atoms with Crippen LogP contribution in [-0.2, 0) is 19.1 Å². The number of nitrogens with zero attached hydrogens (tertiary/aromatic N) is 2. The number of hydrogen-bond donors (Lipinski definition) is 0. The second-order valence-electron chi connectivity index (χ2n) is 13.4. The number of esters is 3. The van der Waals surface area contributed by atoms with Gasteiger partial charge in [0.15, 0.2) is 11.5 Å². The van der Waals surface area contributed by atoms with Gasteiger partial charge >= 0.3 is 17.9 Å². The summed E-state index contributed by atoms with van der Waals surface area (Å²) in [6.45, 7) is 7.35. The summed E-state index contributed by atoms with van der Waals surface area (Å²) in [5.74, 6) is 0.0352. The highest BCUT2D eigenvalue weighted by Crippen LogP contribution is 2.33. The van der Waals surface area contributed by atoms with E-state index >= 15 is 0 Å². The van der Waals surface area contributed by atoms with Gasteiger partial charge in [-0.15, -0.1) is 0 Å². The monoisotopic (exact) mass is 818 g/mol. The molecule has 0 radical (unpaired) electrons. The molecular weight excluding hydrogens is 769 g/mol. The van der Waals surface area contributed by atoms with E-state index in [0.717, 1.165) is 74.4 Å². The van der Waals surface area contributed by atoms with Crippen molar-refractivity contribution >= 4 is 56.9 Å². The van der Waals surface area contributed by atoms with Gasteiger partial charge < -0.3 is 28.6 Å². The van der Waals surface area contributed by atoms with Gasteiger partial charge in [0.25, 0.3) is 0 Å². The van der Waals surface area contributed by atoms with Crippen molar-refractivity contribution in [2.75, 3.05) is 60.1 Å². The fourth-order valence-electron chi connectivity index (χ4n) is 6.33. The molecule has 1 atom stereocenters. The molecule has 13 heteroatoms. The third kappa shape index (κ3) is 13.1. The molecule has 0 bridgehead atoms. The third-order valence-corrected chi connectivity index (χ3v) is 12.3. The van der Waals surface area contributed by atoms with Crippen LogP contribution in [0.3, 0.4) is 0 Å². The molecule has 1 unspecified atom stereocenters. The Kier molecular flexibility index (Phi) is 17.1. The van der Waals surface area contributed by atoms with Gasteiger partial charge in [0.1, 0.15) is 15.7 Å². The van der Waals surface area contributed by atoms with Gasteiger partial charge in [-0.2, -0.15) is 0 Å². The molecule has 0 amide bonds. The van der Waals surface area contributed by atoms with E-state index in [1.165, 1.54) is 30.7 Å². The maximum atomic E-state index is 13.6. The molecule has 1 fully saturated rings. The van der Waals surface area contributed by atoms with Crippen molar-refractivity contribution in [3.8, 4) is 27.7 Å². The molecule has 0 aliphatic carbocycles. The lowest BCUT2D eigenvalue weighted by Crippen LogP contribution is -2.48. The van der Waals surface area contributed by atoms with Gasteiger partial charge in [0.05, 0.1) is 32.9 Å². The molecule has 56 heavy (non-hydrogen) atoms. The lowest BCUT2D eigenvalue weighted by atomic mass is 9.98. The summed E-state index contributed by atoms with van der Waals surface area (Å²) in [5.41, 5.74) is 2.75. The minimum atomic E-state index is -0.601. The van der Waals surface area contributed by atoms with Crippen molar-refractivity contribution in [1.82, 2.24) is 9.80 Å². The zero-order valence-corrected chi connectivity index (χ0v) is 34.7. The van der Waals surface area contributed by atoms with Crippen LogP contribution in [0.5, 0.6) is 17.2 Å². The van der Waals surface area contributed by atoms with Crippen molar-refractivity contribution in [2.45, 2.75) is 51.6 Å². The highest BCUT2D eigenvalue weighted by molar-refractivity contribution is 7.80. The molecule has 1 aromatic heterocycles. The minimum Gasteiger partial charge on any atom is -0.494 e. The summed E-state index contributed by atoms with van der Waals surface area (Å²) in [6.07, 6.45) is 7.76. The highest BCUT2D eigenvalue weighted by atomic mass is 32.9. The predicted octanol–water partition coefficient (Wildman–Crippen LogP) is 9.26. The fourth-order valence-corrected chi connectivity index (χ4v) is 8.73. The molecule has 5 rings (SSSR count). The Hall–Kier alpha value is -4.40. The van der Waals surface area contributed by atoms with E-state index in [0.29, 0.717) is 35.5 Å². The van der Waals surface area contributed by atoms with Gasteiger partial charge in [0.2, 0.25) is 0 Å². The molecule has 0 spiro atoms. The molecule has 1 aliphatic rings. The zero-order valence-electron chi connectivity index (χ0n) is 32.2. The number of carbonyl (C=O) groups excluding carboxylic acids is 3. The summed E-state index contributed by atoms with van der Waals surface area (Å²) in [4.78, 5) is 44.2. The van der Waals surface area contributed by atoms with Crippen molar-refractivity contribution in [3.63, 3.8) is 0 Å². The Bertz CT molecular complexity index is 1970. The van der Waals surface area contributed by atoms with E-state index < -0.39 is 18.0 Å². The summed E-state index contributed by atoms with van der Waals surface area (Å²) < 4.78 is 28.9. The lowest BCUT2D eigenvalue weighted by Gasteiger charge is -2.34. The average Bonchev–Trinajstić information content (AvgIpc) is 3.66. The van der Waals surface area contributed by atoms with Crippen LogP contribution in [-0.4, -0.2) is 87.8 Å². The molecule has 0 N–H and O–H groups in total. The van der Waals surface area contributed by atoms with E-state index in [2.05, 4.69) is 33.6 Å². The van der Waals surface area contributed by atoms with Crippen LogP contribution in [0.15, 0.2) is 78.9 Å². The van der Waals surface area contributed by atoms with Crippen molar-refractivity contribution < 1.29 is 38.1 Å². The normalized spacial score (nSPS) is 14.0. The van der Waals surface area contributed by atoms with Crippen LogP contribution < -0.4 is 14.2 Å². The minimum absolute atomic E-state index is 0.193. The fraction of sp³-hybridized carbons (Fsp3) is 0.395. The van der Waals surface area contributed by atoms with Crippen LogP contribution >= 0.6 is 32.9 Å². The van der Waals surface area contributed by atoms with Gasteiger partial charge in [-0.3, -0.25) is 9.69 Å². The Morgan fingerprint density at radius 1 is 0.857 bits per heavy atom. The van der Waals surface area contributed by atoms with Gasteiger partial charge in [-0.1, -0.05) is 70.5 Å². The molecule has 0 saturated carbocycles. The van der Waals surface area contributed by atoms with Crippen LogP contribution in [0.25, 0.3) is 16.5 Å². The molecule has 1 saturated heterocycles. The maximum absolute atomic E-state index is 13.6.